The molecule has 92 valence electrons. The fraction of sp³-hybridized carbons (Fsp3) is 0.154. The van der Waals surface area contributed by atoms with Gasteiger partial charge >= 0.3 is 0 Å². The Morgan fingerprint density at radius 3 is 2.72 bits per heavy atom. The van der Waals surface area contributed by atoms with E-state index >= 15 is 0 Å². The second-order valence-corrected chi connectivity index (χ2v) is 6.60. The zero-order valence-electron chi connectivity index (χ0n) is 9.84. The zero-order valence-corrected chi connectivity index (χ0v) is 10.7. The number of hydrogen-bond donors (Lipinski definition) is 1. The standard InChI is InChI=1S/C13H12N2O2S/c1-18(16,17)8-9-6-11-10-4-2-3-5-12(10)15-13(11)7-14-9/h2-7,15H,8H2,1H3. The maximum Gasteiger partial charge on any atom is 0.153 e. The van der Waals surface area contributed by atoms with Crippen molar-refractivity contribution in [3.05, 3.63) is 42.2 Å². The first kappa shape index (κ1) is 11.2. The minimum absolute atomic E-state index is 0.0254. The molecule has 0 unspecified atom stereocenters. The summed E-state index contributed by atoms with van der Waals surface area (Å²) in [7, 11) is -3.05. The van der Waals surface area contributed by atoms with Crippen molar-refractivity contribution < 1.29 is 8.42 Å². The van der Waals surface area contributed by atoms with Crippen molar-refractivity contribution in [2.45, 2.75) is 5.75 Å². The number of nitrogens with zero attached hydrogens (tertiary/aromatic N) is 1. The van der Waals surface area contributed by atoms with E-state index in [1.54, 1.807) is 6.20 Å². The lowest BCUT2D eigenvalue weighted by atomic mass is 10.2. The highest BCUT2D eigenvalue weighted by atomic mass is 32.2. The number of benzene rings is 1. The van der Waals surface area contributed by atoms with Gasteiger partial charge in [-0.15, -0.1) is 0 Å². The van der Waals surface area contributed by atoms with Crippen LogP contribution >= 0.6 is 0 Å². The van der Waals surface area contributed by atoms with Crippen molar-refractivity contribution in [1.82, 2.24) is 9.97 Å². The highest BCUT2D eigenvalue weighted by Crippen LogP contribution is 2.25. The van der Waals surface area contributed by atoms with Crippen LogP contribution in [0.5, 0.6) is 0 Å². The van der Waals surface area contributed by atoms with Crippen LogP contribution in [0, 0.1) is 0 Å². The quantitative estimate of drug-likeness (QED) is 0.768. The summed E-state index contributed by atoms with van der Waals surface area (Å²) in [6.45, 7) is 0. The molecule has 3 rings (SSSR count). The van der Waals surface area contributed by atoms with Gasteiger partial charge in [-0.3, -0.25) is 4.98 Å². The van der Waals surface area contributed by atoms with Gasteiger partial charge in [-0.25, -0.2) is 8.42 Å². The molecule has 0 aliphatic carbocycles. The Morgan fingerprint density at radius 2 is 1.94 bits per heavy atom. The van der Waals surface area contributed by atoms with E-state index in [0.29, 0.717) is 5.69 Å². The van der Waals surface area contributed by atoms with Crippen molar-refractivity contribution in [3.8, 4) is 0 Å². The summed E-state index contributed by atoms with van der Waals surface area (Å²) >= 11 is 0. The van der Waals surface area contributed by atoms with Gasteiger partial charge in [0, 0.05) is 22.5 Å². The smallest absolute Gasteiger partial charge is 0.153 e. The largest absolute Gasteiger partial charge is 0.353 e. The average Bonchev–Trinajstić information content (AvgIpc) is 2.65. The first-order chi connectivity index (χ1) is 8.53. The lowest BCUT2D eigenvalue weighted by Gasteiger charge is -1.98. The number of aromatic nitrogens is 2. The molecule has 2 aromatic heterocycles. The van der Waals surface area contributed by atoms with Gasteiger partial charge in [0.05, 0.1) is 23.2 Å². The van der Waals surface area contributed by atoms with Gasteiger partial charge in [0.15, 0.2) is 9.84 Å². The summed E-state index contributed by atoms with van der Waals surface area (Å²) in [6, 6.07) is 9.77. The molecule has 0 spiro atoms. The van der Waals surface area contributed by atoms with E-state index in [-0.39, 0.29) is 5.75 Å². The van der Waals surface area contributed by atoms with Crippen LogP contribution in [0.1, 0.15) is 5.69 Å². The number of H-pyrrole nitrogens is 1. The van der Waals surface area contributed by atoms with E-state index in [2.05, 4.69) is 9.97 Å². The van der Waals surface area contributed by atoms with Crippen LogP contribution in [0.3, 0.4) is 0 Å². The predicted molar refractivity (Wildman–Crippen MR) is 72.1 cm³/mol. The molecule has 5 heteroatoms. The van der Waals surface area contributed by atoms with E-state index in [9.17, 15) is 8.42 Å². The van der Waals surface area contributed by atoms with Crippen LogP contribution in [-0.4, -0.2) is 24.6 Å². The summed E-state index contributed by atoms with van der Waals surface area (Å²) in [6.07, 6.45) is 2.91. The molecule has 1 N–H and O–H groups in total. The van der Waals surface area contributed by atoms with Gasteiger partial charge in [0.2, 0.25) is 0 Å². The molecule has 0 saturated carbocycles. The highest BCUT2D eigenvalue weighted by molar-refractivity contribution is 7.89. The molecular weight excluding hydrogens is 248 g/mol. The molecule has 2 heterocycles. The Morgan fingerprint density at radius 1 is 1.17 bits per heavy atom. The Bertz CT molecular complexity index is 834. The lowest BCUT2D eigenvalue weighted by molar-refractivity contribution is 0.600. The predicted octanol–water partition coefficient (Wildman–Crippen LogP) is 2.26. The minimum atomic E-state index is -3.05. The summed E-state index contributed by atoms with van der Waals surface area (Å²) < 4.78 is 22.6. The SMILES string of the molecule is CS(=O)(=O)Cc1cc2c(cn1)[nH]c1ccccc12. The summed E-state index contributed by atoms with van der Waals surface area (Å²) in [4.78, 5) is 7.43. The van der Waals surface area contributed by atoms with Crippen molar-refractivity contribution >= 4 is 31.6 Å². The van der Waals surface area contributed by atoms with Gasteiger partial charge in [0.1, 0.15) is 0 Å². The monoisotopic (exact) mass is 260 g/mol. The van der Waals surface area contributed by atoms with E-state index < -0.39 is 9.84 Å². The minimum Gasteiger partial charge on any atom is -0.353 e. The Balaban J connectivity index is 2.24. The molecule has 18 heavy (non-hydrogen) atoms. The first-order valence-electron chi connectivity index (χ1n) is 5.56. The average molecular weight is 260 g/mol. The number of aromatic amines is 1. The lowest BCUT2D eigenvalue weighted by Crippen LogP contribution is -2.02. The van der Waals surface area contributed by atoms with Crippen LogP contribution in [0.2, 0.25) is 0 Å². The molecule has 0 radical (unpaired) electrons. The summed E-state index contributed by atoms with van der Waals surface area (Å²) in [5.41, 5.74) is 2.54. The second kappa shape index (κ2) is 3.81. The number of pyridine rings is 1. The second-order valence-electron chi connectivity index (χ2n) is 4.46. The molecule has 0 bridgehead atoms. The summed E-state index contributed by atoms with van der Waals surface area (Å²) in [5, 5.41) is 2.10. The Hall–Kier alpha value is -1.88. The number of hydrogen-bond acceptors (Lipinski definition) is 3. The maximum atomic E-state index is 11.3. The van der Waals surface area contributed by atoms with Gasteiger partial charge in [-0.2, -0.15) is 0 Å². The third-order valence-electron chi connectivity index (χ3n) is 2.86. The normalized spacial score (nSPS) is 12.3. The maximum absolute atomic E-state index is 11.3. The van der Waals surface area contributed by atoms with E-state index in [1.165, 1.54) is 6.26 Å². The third-order valence-corrected chi connectivity index (χ3v) is 3.68. The number of fused-ring (bicyclic) bond motifs is 3. The molecule has 0 saturated heterocycles. The Kier molecular flexibility index (Phi) is 2.38. The van der Waals surface area contributed by atoms with Crippen LogP contribution in [-0.2, 0) is 15.6 Å². The molecule has 0 fully saturated rings. The van der Waals surface area contributed by atoms with Crippen LogP contribution < -0.4 is 0 Å². The van der Waals surface area contributed by atoms with Gasteiger partial charge < -0.3 is 4.98 Å². The number of para-hydroxylation sites is 1. The van der Waals surface area contributed by atoms with Crippen molar-refractivity contribution in [2.75, 3.05) is 6.26 Å². The van der Waals surface area contributed by atoms with E-state index in [4.69, 9.17) is 0 Å². The highest BCUT2D eigenvalue weighted by Gasteiger charge is 2.09. The fourth-order valence-electron chi connectivity index (χ4n) is 2.14. The van der Waals surface area contributed by atoms with Gasteiger partial charge in [0.25, 0.3) is 0 Å². The molecule has 4 nitrogen and oxygen atoms in total. The third kappa shape index (κ3) is 1.97. The zero-order chi connectivity index (χ0) is 12.8. The van der Waals surface area contributed by atoms with Crippen molar-refractivity contribution in [2.24, 2.45) is 0 Å². The molecule has 3 aromatic rings. The number of nitrogens with one attached hydrogen (secondary N) is 1. The fourth-order valence-corrected chi connectivity index (χ4v) is 2.84. The van der Waals surface area contributed by atoms with Gasteiger partial charge in [-0.1, -0.05) is 18.2 Å². The van der Waals surface area contributed by atoms with Crippen LogP contribution in [0.15, 0.2) is 36.5 Å². The van der Waals surface area contributed by atoms with E-state index in [1.807, 2.05) is 30.3 Å². The van der Waals surface area contributed by atoms with Crippen LogP contribution in [0.4, 0.5) is 0 Å². The number of sulfone groups is 1. The molecular formula is C13H12N2O2S. The molecule has 0 amide bonds. The van der Waals surface area contributed by atoms with Crippen molar-refractivity contribution in [1.29, 1.82) is 0 Å². The molecule has 1 aromatic carbocycles. The molecule has 0 aliphatic rings. The van der Waals surface area contributed by atoms with Crippen LogP contribution in [0.25, 0.3) is 21.8 Å². The van der Waals surface area contributed by atoms with Gasteiger partial charge in [-0.05, 0) is 12.1 Å². The van der Waals surface area contributed by atoms with E-state index in [0.717, 1.165) is 21.8 Å². The molecule has 0 atom stereocenters. The topological polar surface area (TPSA) is 62.8 Å². The first-order valence-corrected chi connectivity index (χ1v) is 7.62. The van der Waals surface area contributed by atoms with Crippen molar-refractivity contribution in [3.63, 3.8) is 0 Å². The number of rotatable bonds is 2. The molecule has 0 aliphatic heterocycles. The summed E-state index contributed by atoms with van der Waals surface area (Å²) in [5.74, 6) is -0.0254. The Labute approximate surface area is 105 Å².